The molecule has 0 aliphatic carbocycles. The molecular formula is C22H16O3. The fraction of sp³-hybridized carbons (Fsp3) is 0.136. The smallest absolute Gasteiger partial charge is 0.319 e. The average molecular weight is 328 g/mol. The molecule has 0 fully saturated rings. The molecule has 3 nitrogen and oxygen atoms in total. The van der Waals surface area contributed by atoms with Crippen molar-refractivity contribution in [1.82, 2.24) is 0 Å². The summed E-state index contributed by atoms with van der Waals surface area (Å²) in [5, 5.41) is 2.30. The molecule has 0 spiro atoms. The Morgan fingerprint density at radius 2 is 1.68 bits per heavy atom. The molecule has 0 radical (unpaired) electrons. The maximum absolute atomic E-state index is 12.7. The van der Waals surface area contributed by atoms with Crippen molar-refractivity contribution in [3.63, 3.8) is 0 Å². The highest BCUT2D eigenvalue weighted by Crippen LogP contribution is 2.43. The minimum Gasteiger partial charge on any atom is -0.493 e. The van der Waals surface area contributed by atoms with Crippen LogP contribution in [0.1, 0.15) is 17.0 Å². The molecule has 3 aromatic carbocycles. The number of carbonyl (C=O) groups excluding carboxylic acids is 1. The lowest BCUT2D eigenvalue weighted by Gasteiger charge is -2.34. The Hall–Kier alpha value is -3.07. The van der Waals surface area contributed by atoms with Crippen molar-refractivity contribution in [2.45, 2.75) is 5.92 Å². The number of hydrogen-bond acceptors (Lipinski definition) is 3. The Morgan fingerprint density at radius 1 is 0.880 bits per heavy atom. The van der Waals surface area contributed by atoms with Gasteiger partial charge in [-0.3, -0.25) is 4.79 Å². The SMILES string of the molecule is O=C1OC(c2ccc3ccccc3c2)=C[C@H]2COc3ccccc3[C@@H]12. The Balaban J connectivity index is 1.56. The lowest BCUT2D eigenvalue weighted by Crippen LogP contribution is -2.34. The van der Waals surface area contributed by atoms with Gasteiger partial charge in [0.1, 0.15) is 11.5 Å². The van der Waals surface area contributed by atoms with E-state index in [-0.39, 0.29) is 17.8 Å². The molecule has 2 heterocycles. The zero-order chi connectivity index (χ0) is 16.8. The molecule has 122 valence electrons. The molecular weight excluding hydrogens is 312 g/mol. The number of ether oxygens (including phenoxy) is 2. The van der Waals surface area contributed by atoms with Crippen molar-refractivity contribution in [3.05, 3.63) is 83.9 Å². The number of fused-ring (bicyclic) bond motifs is 4. The van der Waals surface area contributed by atoms with E-state index in [1.54, 1.807) is 0 Å². The number of benzene rings is 3. The molecule has 2 aliphatic rings. The van der Waals surface area contributed by atoms with Crippen LogP contribution in [0.3, 0.4) is 0 Å². The van der Waals surface area contributed by atoms with Gasteiger partial charge in [-0.25, -0.2) is 0 Å². The van der Waals surface area contributed by atoms with Crippen LogP contribution in [0.4, 0.5) is 0 Å². The third kappa shape index (κ3) is 2.31. The first kappa shape index (κ1) is 14.3. The van der Waals surface area contributed by atoms with Gasteiger partial charge in [0.25, 0.3) is 0 Å². The van der Waals surface area contributed by atoms with Gasteiger partial charge in [0.15, 0.2) is 0 Å². The second-order valence-corrected chi connectivity index (χ2v) is 6.50. The van der Waals surface area contributed by atoms with Crippen LogP contribution in [0, 0.1) is 5.92 Å². The predicted molar refractivity (Wildman–Crippen MR) is 96.2 cm³/mol. The molecule has 0 aromatic heterocycles. The topological polar surface area (TPSA) is 35.5 Å². The normalized spacial score (nSPS) is 21.6. The Morgan fingerprint density at radius 3 is 2.60 bits per heavy atom. The molecule has 2 atom stereocenters. The number of rotatable bonds is 1. The average Bonchev–Trinajstić information content (AvgIpc) is 2.67. The molecule has 0 amide bonds. The molecule has 0 bridgehead atoms. The van der Waals surface area contributed by atoms with E-state index in [1.807, 2.05) is 48.5 Å². The number of cyclic esters (lactones) is 1. The molecule has 0 unspecified atom stereocenters. The maximum Gasteiger partial charge on any atom is 0.319 e. The summed E-state index contributed by atoms with van der Waals surface area (Å²) in [6.45, 7) is 0.494. The van der Waals surface area contributed by atoms with Crippen molar-refractivity contribution in [3.8, 4) is 5.75 Å². The van der Waals surface area contributed by atoms with Crippen molar-refractivity contribution >= 4 is 22.5 Å². The van der Waals surface area contributed by atoms with Gasteiger partial charge in [-0.05, 0) is 29.0 Å². The van der Waals surface area contributed by atoms with Crippen LogP contribution in [-0.2, 0) is 9.53 Å². The number of para-hydroxylation sites is 1. The first-order chi connectivity index (χ1) is 12.3. The fourth-order valence-electron chi connectivity index (χ4n) is 3.73. The van der Waals surface area contributed by atoms with Crippen LogP contribution >= 0.6 is 0 Å². The summed E-state index contributed by atoms with van der Waals surface area (Å²) in [7, 11) is 0. The monoisotopic (exact) mass is 328 g/mol. The number of carbonyl (C=O) groups is 1. The Labute approximate surface area is 145 Å². The third-order valence-corrected chi connectivity index (χ3v) is 4.98. The van der Waals surface area contributed by atoms with Gasteiger partial charge in [-0.2, -0.15) is 0 Å². The number of hydrogen-bond donors (Lipinski definition) is 0. The summed E-state index contributed by atoms with van der Waals surface area (Å²) in [6, 6.07) is 22.0. The maximum atomic E-state index is 12.7. The second kappa shape index (κ2) is 5.49. The molecule has 0 saturated heterocycles. The summed E-state index contributed by atoms with van der Waals surface area (Å²) in [4.78, 5) is 12.7. The summed E-state index contributed by atoms with van der Waals surface area (Å²) >= 11 is 0. The van der Waals surface area contributed by atoms with Crippen molar-refractivity contribution in [2.24, 2.45) is 5.92 Å². The molecule has 0 saturated carbocycles. The van der Waals surface area contributed by atoms with Crippen LogP contribution in [-0.4, -0.2) is 12.6 Å². The minimum atomic E-state index is -0.283. The van der Waals surface area contributed by atoms with Gasteiger partial charge >= 0.3 is 5.97 Å². The van der Waals surface area contributed by atoms with Crippen LogP contribution in [0.5, 0.6) is 5.75 Å². The van der Waals surface area contributed by atoms with E-state index < -0.39 is 0 Å². The van der Waals surface area contributed by atoms with Crippen LogP contribution < -0.4 is 4.74 Å². The largest absolute Gasteiger partial charge is 0.493 e. The van der Waals surface area contributed by atoms with E-state index in [1.165, 1.54) is 5.39 Å². The van der Waals surface area contributed by atoms with E-state index in [9.17, 15) is 4.79 Å². The highest BCUT2D eigenvalue weighted by atomic mass is 16.5. The van der Waals surface area contributed by atoms with E-state index in [0.717, 1.165) is 22.3 Å². The highest BCUT2D eigenvalue weighted by molar-refractivity contribution is 5.91. The van der Waals surface area contributed by atoms with Crippen LogP contribution in [0.25, 0.3) is 16.5 Å². The standard InChI is InChI=1S/C22H16O3/c23-22-21-17(13-24-19-8-4-3-7-18(19)21)12-20(25-22)16-10-9-14-5-1-2-6-15(14)11-16/h1-12,17,21H,13H2/t17-,21-/m0/s1. The summed E-state index contributed by atoms with van der Waals surface area (Å²) < 4.78 is 11.6. The van der Waals surface area contributed by atoms with E-state index in [0.29, 0.717) is 12.4 Å². The van der Waals surface area contributed by atoms with E-state index >= 15 is 0 Å². The Kier molecular flexibility index (Phi) is 3.14. The molecule has 2 aliphatic heterocycles. The summed E-state index contributed by atoms with van der Waals surface area (Å²) in [5.41, 5.74) is 1.84. The second-order valence-electron chi connectivity index (χ2n) is 6.50. The van der Waals surface area contributed by atoms with E-state index in [4.69, 9.17) is 9.47 Å². The van der Waals surface area contributed by atoms with Crippen LogP contribution in [0.15, 0.2) is 72.8 Å². The lowest BCUT2D eigenvalue weighted by molar-refractivity contribution is -0.141. The van der Waals surface area contributed by atoms with Gasteiger partial charge in [0.2, 0.25) is 0 Å². The molecule has 3 aromatic rings. The first-order valence-corrected chi connectivity index (χ1v) is 8.44. The van der Waals surface area contributed by atoms with Gasteiger partial charge in [0, 0.05) is 17.0 Å². The van der Waals surface area contributed by atoms with Gasteiger partial charge in [-0.1, -0.05) is 54.6 Å². The zero-order valence-electron chi connectivity index (χ0n) is 13.5. The fourth-order valence-corrected chi connectivity index (χ4v) is 3.73. The highest BCUT2D eigenvalue weighted by Gasteiger charge is 2.40. The minimum absolute atomic E-state index is 0.00220. The Bertz CT molecular complexity index is 1020. The molecule has 25 heavy (non-hydrogen) atoms. The van der Waals surface area contributed by atoms with Crippen molar-refractivity contribution in [1.29, 1.82) is 0 Å². The predicted octanol–water partition coefficient (Wildman–Crippen LogP) is 4.53. The quantitative estimate of drug-likeness (QED) is 0.616. The zero-order valence-corrected chi connectivity index (χ0v) is 13.5. The van der Waals surface area contributed by atoms with Crippen LogP contribution in [0.2, 0.25) is 0 Å². The van der Waals surface area contributed by atoms with Gasteiger partial charge in [0.05, 0.1) is 12.5 Å². The molecule has 5 rings (SSSR count). The summed E-state index contributed by atoms with van der Waals surface area (Å²) in [5.74, 6) is 0.918. The van der Waals surface area contributed by atoms with Gasteiger partial charge < -0.3 is 9.47 Å². The third-order valence-electron chi connectivity index (χ3n) is 4.98. The van der Waals surface area contributed by atoms with E-state index in [2.05, 4.69) is 24.3 Å². The number of esters is 1. The summed E-state index contributed by atoms with van der Waals surface area (Å²) in [6.07, 6.45) is 2.03. The van der Waals surface area contributed by atoms with Gasteiger partial charge in [-0.15, -0.1) is 0 Å². The lowest BCUT2D eigenvalue weighted by atomic mass is 9.82. The van der Waals surface area contributed by atoms with Crippen molar-refractivity contribution in [2.75, 3.05) is 6.61 Å². The molecule has 3 heteroatoms. The van der Waals surface area contributed by atoms with Crippen molar-refractivity contribution < 1.29 is 14.3 Å². The molecule has 0 N–H and O–H groups in total. The first-order valence-electron chi connectivity index (χ1n) is 8.44.